The van der Waals surface area contributed by atoms with E-state index in [4.69, 9.17) is 11.5 Å². The number of nitrogens with zero attached hydrogens (tertiary/aromatic N) is 5. The molecule has 3 rings (SSSR count). The largest absolute Gasteiger partial charge is 0.385 e. The minimum absolute atomic E-state index is 0.279. The van der Waals surface area contributed by atoms with E-state index < -0.39 is 12.0 Å². The third-order valence-electron chi connectivity index (χ3n) is 3.40. The fourth-order valence-electron chi connectivity index (χ4n) is 2.34. The first kappa shape index (κ1) is 14.9. The molecule has 23 heavy (non-hydrogen) atoms. The summed E-state index contributed by atoms with van der Waals surface area (Å²) >= 11 is 0. The van der Waals surface area contributed by atoms with Gasteiger partial charge in [0.05, 0.1) is 12.9 Å². The van der Waals surface area contributed by atoms with Crippen molar-refractivity contribution < 1.29 is 14.5 Å². The number of aromatic nitrogens is 5. The molecular weight excluding hydrogens is 298 g/mol. The number of aliphatic hydroxyl groups excluding tert-OH is 1. The molecule has 0 unspecified atom stereocenters. The Morgan fingerprint density at radius 3 is 3.00 bits per heavy atom. The number of pyridine rings is 1. The zero-order valence-electron chi connectivity index (χ0n) is 12.2. The van der Waals surface area contributed by atoms with Crippen LogP contribution in [0.5, 0.6) is 0 Å². The quantitative estimate of drug-likeness (QED) is 0.509. The van der Waals surface area contributed by atoms with E-state index in [1.807, 2.05) is 0 Å². The van der Waals surface area contributed by atoms with E-state index in [0.29, 0.717) is 29.1 Å². The Hall–Kier alpha value is -3.07. The first-order valence-corrected chi connectivity index (χ1v) is 6.93. The van der Waals surface area contributed by atoms with E-state index in [-0.39, 0.29) is 6.54 Å². The van der Waals surface area contributed by atoms with Gasteiger partial charge in [0.2, 0.25) is 0 Å². The van der Waals surface area contributed by atoms with E-state index in [0.717, 1.165) is 0 Å². The summed E-state index contributed by atoms with van der Waals surface area (Å²) in [6, 6.07) is 3.32. The molecule has 0 bridgehead atoms. The van der Waals surface area contributed by atoms with Gasteiger partial charge in [-0.1, -0.05) is 0 Å². The predicted octanol–water partition coefficient (Wildman–Crippen LogP) is -1.14. The van der Waals surface area contributed by atoms with Crippen LogP contribution < -0.4 is 16.0 Å². The molecule has 1 amide bonds. The highest BCUT2D eigenvalue weighted by Crippen LogP contribution is 2.14. The molecule has 0 radical (unpaired) electrons. The Morgan fingerprint density at radius 1 is 1.39 bits per heavy atom. The molecule has 9 nitrogen and oxygen atoms in total. The topological polar surface area (TPSA) is 137 Å². The highest BCUT2D eigenvalue weighted by Gasteiger charge is 2.16. The Morgan fingerprint density at radius 2 is 2.22 bits per heavy atom. The number of hydrogen-bond donors (Lipinski definition) is 3. The van der Waals surface area contributed by atoms with Crippen molar-refractivity contribution in [2.24, 2.45) is 5.73 Å². The van der Waals surface area contributed by atoms with E-state index in [2.05, 4.69) is 15.0 Å². The zero-order valence-corrected chi connectivity index (χ0v) is 12.2. The lowest BCUT2D eigenvalue weighted by atomic mass is 10.2. The van der Waals surface area contributed by atoms with Crippen LogP contribution in [0.2, 0.25) is 0 Å². The first-order chi connectivity index (χ1) is 11.0. The van der Waals surface area contributed by atoms with Crippen molar-refractivity contribution >= 4 is 22.9 Å². The zero-order chi connectivity index (χ0) is 16.4. The van der Waals surface area contributed by atoms with Crippen molar-refractivity contribution in [3.05, 3.63) is 42.7 Å². The molecule has 0 spiro atoms. The number of carbonyl (C=O) groups is 1. The van der Waals surface area contributed by atoms with Crippen LogP contribution in [0.3, 0.4) is 0 Å². The molecule has 0 aliphatic rings. The second-order valence-electron chi connectivity index (χ2n) is 5.14. The number of nitrogens with two attached hydrogens (primary N) is 2. The Kier molecular flexibility index (Phi) is 3.85. The SMILES string of the molecule is NC(=O)c1ccc[n+](C[C@H](O)Cn2cnc3c(N)ncnc32)c1. The first-order valence-electron chi connectivity index (χ1n) is 6.93. The predicted molar refractivity (Wildman–Crippen MR) is 80.9 cm³/mol. The average Bonchev–Trinajstić information content (AvgIpc) is 2.92. The summed E-state index contributed by atoms with van der Waals surface area (Å²) in [6.45, 7) is 0.572. The molecule has 3 aromatic heterocycles. The lowest BCUT2D eigenvalue weighted by Gasteiger charge is -2.09. The number of imidazole rings is 1. The van der Waals surface area contributed by atoms with Crippen molar-refractivity contribution in [2.45, 2.75) is 19.2 Å². The van der Waals surface area contributed by atoms with Crippen LogP contribution in [-0.2, 0) is 13.1 Å². The minimum Gasteiger partial charge on any atom is -0.385 e. The number of hydrogen-bond acceptors (Lipinski definition) is 6. The molecule has 3 aromatic rings. The summed E-state index contributed by atoms with van der Waals surface area (Å²) in [5.74, 6) is -0.214. The molecule has 0 saturated carbocycles. The number of fused-ring (bicyclic) bond motifs is 1. The number of anilines is 1. The smallest absolute Gasteiger partial charge is 0.254 e. The molecule has 9 heteroatoms. The second-order valence-corrected chi connectivity index (χ2v) is 5.14. The molecular formula is C14H16N7O2+. The van der Waals surface area contributed by atoms with E-state index in [1.165, 1.54) is 6.33 Å². The molecule has 0 fully saturated rings. The molecule has 118 valence electrons. The van der Waals surface area contributed by atoms with Crippen LogP contribution in [0.1, 0.15) is 10.4 Å². The number of carbonyl (C=O) groups excluding carboxylic acids is 1. The van der Waals surface area contributed by atoms with E-state index >= 15 is 0 Å². The Labute approximate surface area is 131 Å². The summed E-state index contributed by atoms with van der Waals surface area (Å²) in [6.07, 6.45) is 5.55. The van der Waals surface area contributed by atoms with Crippen LogP contribution in [-0.4, -0.2) is 36.6 Å². The third-order valence-corrected chi connectivity index (χ3v) is 3.40. The Balaban J connectivity index is 1.76. The van der Waals surface area contributed by atoms with Gasteiger partial charge >= 0.3 is 0 Å². The number of rotatable bonds is 5. The van der Waals surface area contributed by atoms with Crippen molar-refractivity contribution in [1.82, 2.24) is 19.5 Å². The number of primary amides is 1. The van der Waals surface area contributed by atoms with Gasteiger partial charge in [0, 0.05) is 6.07 Å². The van der Waals surface area contributed by atoms with Crippen molar-refractivity contribution in [3.63, 3.8) is 0 Å². The maximum Gasteiger partial charge on any atom is 0.254 e. The van der Waals surface area contributed by atoms with Crippen molar-refractivity contribution in [2.75, 3.05) is 5.73 Å². The Bertz CT molecular complexity index is 861. The van der Waals surface area contributed by atoms with Crippen LogP contribution in [0.15, 0.2) is 37.2 Å². The van der Waals surface area contributed by atoms with Gasteiger partial charge in [-0.3, -0.25) is 4.79 Å². The lowest BCUT2D eigenvalue weighted by Crippen LogP contribution is -2.41. The summed E-state index contributed by atoms with van der Waals surface area (Å²) < 4.78 is 3.41. The third kappa shape index (κ3) is 3.09. The van der Waals surface area contributed by atoms with Crippen LogP contribution in [0.4, 0.5) is 5.82 Å². The van der Waals surface area contributed by atoms with Gasteiger partial charge in [-0.2, -0.15) is 0 Å². The summed E-state index contributed by atoms with van der Waals surface area (Å²) in [4.78, 5) is 23.3. The highest BCUT2D eigenvalue weighted by molar-refractivity contribution is 5.92. The molecule has 0 aromatic carbocycles. The number of aliphatic hydroxyl groups is 1. The summed E-state index contributed by atoms with van der Waals surface area (Å²) in [7, 11) is 0. The van der Waals surface area contributed by atoms with Crippen LogP contribution in [0, 0.1) is 0 Å². The molecule has 0 aliphatic heterocycles. The monoisotopic (exact) mass is 314 g/mol. The minimum atomic E-state index is -0.711. The van der Waals surface area contributed by atoms with E-state index in [1.54, 1.807) is 40.0 Å². The van der Waals surface area contributed by atoms with Gasteiger partial charge in [0.1, 0.15) is 23.5 Å². The summed E-state index contributed by atoms with van der Waals surface area (Å²) in [5.41, 5.74) is 12.4. The molecule has 3 heterocycles. The van der Waals surface area contributed by atoms with Gasteiger partial charge in [-0.25, -0.2) is 19.5 Å². The van der Waals surface area contributed by atoms with Crippen molar-refractivity contribution in [3.8, 4) is 0 Å². The number of amides is 1. The highest BCUT2D eigenvalue weighted by atomic mass is 16.3. The van der Waals surface area contributed by atoms with Gasteiger partial charge in [-0.15, -0.1) is 0 Å². The second kappa shape index (κ2) is 5.97. The van der Waals surface area contributed by atoms with Gasteiger partial charge < -0.3 is 21.1 Å². The average molecular weight is 314 g/mol. The van der Waals surface area contributed by atoms with Gasteiger partial charge in [0.15, 0.2) is 30.4 Å². The molecule has 5 N–H and O–H groups in total. The molecule has 0 saturated heterocycles. The molecule has 1 atom stereocenters. The van der Waals surface area contributed by atoms with E-state index in [9.17, 15) is 9.90 Å². The van der Waals surface area contributed by atoms with Crippen molar-refractivity contribution in [1.29, 1.82) is 0 Å². The standard InChI is InChI=1S/C14H15N7O2/c15-12-11-14(18-7-17-12)21(8-19-11)6-10(22)5-20-3-1-2-9(4-20)13(16)23/h1-4,7-8,10,22H,5-6H2,(H3-,15,16,17,18,23)/p+1/t10-/m0/s1. The van der Waals surface area contributed by atoms with Gasteiger partial charge in [0.25, 0.3) is 5.91 Å². The normalized spacial score (nSPS) is 12.4. The maximum atomic E-state index is 11.2. The van der Waals surface area contributed by atoms with Crippen LogP contribution >= 0.6 is 0 Å². The number of nitrogen functional groups attached to an aromatic ring is 1. The summed E-state index contributed by atoms with van der Waals surface area (Å²) in [5, 5.41) is 10.3. The maximum absolute atomic E-state index is 11.2. The van der Waals surface area contributed by atoms with Gasteiger partial charge in [-0.05, 0) is 6.07 Å². The van der Waals surface area contributed by atoms with Crippen LogP contribution in [0.25, 0.3) is 11.2 Å². The fraction of sp³-hybridized carbons (Fsp3) is 0.214. The lowest BCUT2D eigenvalue weighted by molar-refractivity contribution is -0.703. The molecule has 0 aliphatic carbocycles. The fourth-order valence-corrected chi connectivity index (χ4v) is 2.34.